The molecule has 0 aliphatic carbocycles. The Hall–Kier alpha value is -2.60. The Bertz CT molecular complexity index is 921. The van der Waals surface area contributed by atoms with Crippen molar-refractivity contribution in [3.63, 3.8) is 0 Å². The normalized spacial score (nSPS) is 10.7. The van der Waals surface area contributed by atoms with Gasteiger partial charge in [-0.3, -0.25) is 9.36 Å². The SMILES string of the molecule is CCOC(=O)CSc1nnc(-c2cccc(C)c2)n1-c1cccc(C)c1. The Kier molecular flexibility index (Phi) is 5.73. The highest BCUT2D eigenvalue weighted by Gasteiger charge is 2.17. The minimum Gasteiger partial charge on any atom is -0.465 e. The van der Waals surface area contributed by atoms with Crippen LogP contribution >= 0.6 is 11.8 Å². The topological polar surface area (TPSA) is 57.0 Å². The van der Waals surface area contributed by atoms with Crippen molar-refractivity contribution in [1.29, 1.82) is 0 Å². The molecule has 5 nitrogen and oxygen atoms in total. The second-order valence-electron chi connectivity index (χ2n) is 5.94. The standard InChI is InChI=1S/C20H21N3O2S/c1-4-25-18(24)13-26-20-22-21-19(16-9-5-7-14(2)11-16)23(20)17-10-6-8-15(3)12-17/h5-12H,4,13H2,1-3H3. The van der Waals surface area contributed by atoms with Crippen LogP contribution in [-0.2, 0) is 9.53 Å². The summed E-state index contributed by atoms with van der Waals surface area (Å²) in [5.41, 5.74) is 4.26. The van der Waals surface area contributed by atoms with Gasteiger partial charge in [0, 0.05) is 11.3 Å². The van der Waals surface area contributed by atoms with Crippen LogP contribution < -0.4 is 0 Å². The lowest BCUT2D eigenvalue weighted by atomic mass is 10.1. The first-order valence-corrected chi connectivity index (χ1v) is 9.45. The number of rotatable bonds is 6. The summed E-state index contributed by atoms with van der Waals surface area (Å²) in [5.74, 6) is 0.699. The van der Waals surface area contributed by atoms with Gasteiger partial charge < -0.3 is 4.74 Å². The lowest BCUT2D eigenvalue weighted by Crippen LogP contribution is -2.08. The number of esters is 1. The summed E-state index contributed by atoms with van der Waals surface area (Å²) < 4.78 is 7.01. The van der Waals surface area contributed by atoms with Crippen molar-refractivity contribution in [1.82, 2.24) is 14.8 Å². The molecule has 6 heteroatoms. The molecular weight excluding hydrogens is 346 g/mol. The third-order valence-corrected chi connectivity index (χ3v) is 4.70. The Balaban J connectivity index is 2.04. The fraction of sp³-hybridized carbons (Fsp3) is 0.250. The molecule has 1 heterocycles. The molecule has 0 fully saturated rings. The van der Waals surface area contributed by atoms with Gasteiger partial charge in [0.2, 0.25) is 0 Å². The van der Waals surface area contributed by atoms with Crippen LogP contribution in [0.3, 0.4) is 0 Å². The molecule has 3 rings (SSSR count). The Morgan fingerprint density at radius 2 is 1.81 bits per heavy atom. The highest BCUT2D eigenvalue weighted by atomic mass is 32.2. The summed E-state index contributed by atoms with van der Waals surface area (Å²) in [7, 11) is 0. The lowest BCUT2D eigenvalue weighted by molar-refractivity contribution is -0.139. The summed E-state index contributed by atoms with van der Waals surface area (Å²) in [6.07, 6.45) is 0. The third-order valence-electron chi connectivity index (χ3n) is 3.79. The molecule has 0 N–H and O–H groups in total. The number of hydrogen-bond acceptors (Lipinski definition) is 5. The molecule has 0 unspecified atom stereocenters. The van der Waals surface area contributed by atoms with Crippen molar-refractivity contribution in [3.05, 3.63) is 59.7 Å². The van der Waals surface area contributed by atoms with E-state index in [2.05, 4.69) is 22.3 Å². The summed E-state index contributed by atoms with van der Waals surface area (Å²) in [4.78, 5) is 11.7. The molecule has 0 bridgehead atoms. The zero-order valence-electron chi connectivity index (χ0n) is 15.1. The molecule has 3 aromatic rings. The quantitative estimate of drug-likeness (QED) is 0.483. The van der Waals surface area contributed by atoms with E-state index in [1.165, 1.54) is 11.8 Å². The first-order chi connectivity index (χ1) is 12.6. The Morgan fingerprint density at radius 3 is 2.50 bits per heavy atom. The number of carbonyl (C=O) groups excluding carboxylic acids is 1. The fourth-order valence-electron chi connectivity index (χ4n) is 2.66. The monoisotopic (exact) mass is 367 g/mol. The predicted octanol–water partition coefficient (Wildman–Crippen LogP) is 4.21. The van der Waals surface area contributed by atoms with E-state index in [0.717, 1.165) is 28.2 Å². The number of carbonyl (C=O) groups is 1. The van der Waals surface area contributed by atoms with Crippen molar-refractivity contribution in [2.45, 2.75) is 25.9 Å². The summed E-state index contributed by atoms with van der Waals surface area (Å²) in [6, 6.07) is 16.3. The van der Waals surface area contributed by atoms with Gasteiger partial charge in [0.1, 0.15) is 0 Å². The lowest BCUT2D eigenvalue weighted by Gasteiger charge is -2.11. The Labute approximate surface area is 157 Å². The molecule has 0 aliphatic heterocycles. The van der Waals surface area contributed by atoms with Gasteiger partial charge in [-0.15, -0.1) is 10.2 Å². The van der Waals surface area contributed by atoms with Crippen LogP contribution in [0.4, 0.5) is 0 Å². The first kappa shape index (κ1) is 18.2. The number of hydrogen-bond donors (Lipinski definition) is 0. The zero-order valence-corrected chi connectivity index (χ0v) is 15.9. The third kappa shape index (κ3) is 4.14. The van der Waals surface area contributed by atoms with Gasteiger partial charge in [-0.05, 0) is 44.5 Å². The van der Waals surface area contributed by atoms with E-state index in [4.69, 9.17) is 4.74 Å². The van der Waals surface area contributed by atoms with Crippen LogP contribution in [0, 0.1) is 13.8 Å². The van der Waals surface area contributed by atoms with Crippen LogP contribution in [0.15, 0.2) is 53.7 Å². The maximum absolute atomic E-state index is 11.7. The molecule has 0 spiro atoms. The smallest absolute Gasteiger partial charge is 0.316 e. The molecule has 1 aromatic heterocycles. The summed E-state index contributed by atoms with van der Waals surface area (Å²) >= 11 is 1.33. The van der Waals surface area contributed by atoms with Gasteiger partial charge in [-0.25, -0.2) is 0 Å². The molecule has 0 saturated carbocycles. The van der Waals surface area contributed by atoms with Crippen molar-refractivity contribution >= 4 is 17.7 Å². The highest BCUT2D eigenvalue weighted by molar-refractivity contribution is 7.99. The van der Waals surface area contributed by atoms with E-state index in [1.54, 1.807) is 6.92 Å². The van der Waals surface area contributed by atoms with E-state index in [-0.39, 0.29) is 11.7 Å². The molecule has 2 aromatic carbocycles. The summed E-state index contributed by atoms with van der Waals surface area (Å²) in [6.45, 7) is 6.27. The van der Waals surface area contributed by atoms with Gasteiger partial charge in [-0.2, -0.15) is 0 Å². The molecule has 134 valence electrons. The van der Waals surface area contributed by atoms with Gasteiger partial charge in [-0.1, -0.05) is 47.7 Å². The molecule has 0 aliphatic rings. The van der Waals surface area contributed by atoms with Crippen LogP contribution in [0.1, 0.15) is 18.1 Å². The van der Waals surface area contributed by atoms with Crippen LogP contribution in [-0.4, -0.2) is 33.1 Å². The van der Waals surface area contributed by atoms with Gasteiger partial charge in [0.15, 0.2) is 11.0 Å². The van der Waals surface area contributed by atoms with Crippen molar-refractivity contribution in [3.8, 4) is 17.1 Å². The summed E-state index contributed by atoms with van der Waals surface area (Å²) in [5, 5.41) is 9.39. The largest absolute Gasteiger partial charge is 0.465 e. The predicted molar refractivity (Wildman–Crippen MR) is 104 cm³/mol. The van der Waals surface area contributed by atoms with Crippen LogP contribution in [0.2, 0.25) is 0 Å². The molecular formula is C20H21N3O2S. The second kappa shape index (κ2) is 8.19. The number of aromatic nitrogens is 3. The fourth-order valence-corrected chi connectivity index (χ4v) is 3.41. The minimum absolute atomic E-state index is 0.200. The molecule has 0 radical (unpaired) electrons. The average molecular weight is 367 g/mol. The number of ether oxygens (including phenoxy) is 1. The molecule has 0 atom stereocenters. The van der Waals surface area contributed by atoms with Crippen LogP contribution in [0.25, 0.3) is 17.1 Å². The van der Waals surface area contributed by atoms with Gasteiger partial charge in [0.05, 0.1) is 12.4 Å². The molecule has 0 amide bonds. The van der Waals surface area contributed by atoms with E-state index >= 15 is 0 Å². The second-order valence-corrected chi connectivity index (χ2v) is 6.89. The maximum Gasteiger partial charge on any atom is 0.316 e. The molecule has 0 saturated heterocycles. The number of nitrogens with zero attached hydrogens (tertiary/aromatic N) is 3. The first-order valence-electron chi connectivity index (χ1n) is 8.46. The van der Waals surface area contributed by atoms with Crippen molar-refractivity contribution in [2.75, 3.05) is 12.4 Å². The maximum atomic E-state index is 11.7. The number of aryl methyl sites for hydroxylation is 2. The van der Waals surface area contributed by atoms with Crippen molar-refractivity contribution in [2.24, 2.45) is 0 Å². The van der Waals surface area contributed by atoms with E-state index in [9.17, 15) is 4.79 Å². The van der Waals surface area contributed by atoms with E-state index in [0.29, 0.717) is 11.8 Å². The van der Waals surface area contributed by atoms with Gasteiger partial charge >= 0.3 is 5.97 Å². The minimum atomic E-state index is -0.256. The highest BCUT2D eigenvalue weighted by Crippen LogP contribution is 2.28. The van der Waals surface area contributed by atoms with Gasteiger partial charge in [0.25, 0.3) is 0 Å². The molecule has 26 heavy (non-hydrogen) atoms. The number of thioether (sulfide) groups is 1. The number of benzene rings is 2. The van der Waals surface area contributed by atoms with Crippen molar-refractivity contribution < 1.29 is 9.53 Å². The van der Waals surface area contributed by atoms with E-state index in [1.807, 2.05) is 54.8 Å². The average Bonchev–Trinajstić information content (AvgIpc) is 3.04. The van der Waals surface area contributed by atoms with E-state index < -0.39 is 0 Å². The van der Waals surface area contributed by atoms with Crippen LogP contribution in [0.5, 0.6) is 0 Å². The zero-order chi connectivity index (χ0) is 18.5. The Morgan fingerprint density at radius 1 is 1.08 bits per heavy atom.